The van der Waals surface area contributed by atoms with E-state index in [1.165, 1.54) is 0 Å². The summed E-state index contributed by atoms with van der Waals surface area (Å²) in [5.41, 5.74) is 0. The minimum Gasteiger partial charge on any atom is -0.468 e. The summed E-state index contributed by atoms with van der Waals surface area (Å²) in [6.45, 7) is 0.408. The molecule has 0 spiro atoms. The van der Waals surface area contributed by atoms with E-state index in [2.05, 4.69) is 10.3 Å². The Kier molecular flexibility index (Phi) is 4.34. The second-order valence-corrected chi connectivity index (χ2v) is 5.43. The van der Waals surface area contributed by atoms with Crippen molar-refractivity contribution in [2.75, 3.05) is 26.0 Å². The molecule has 0 bridgehead atoms. The van der Waals surface area contributed by atoms with Crippen LogP contribution in [-0.4, -0.2) is 30.5 Å². The van der Waals surface area contributed by atoms with Crippen LogP contribution in [0.2, 0.25) is 0 Å². The molecule has 0 aliphatic carbocycles. The monoisotopic (exact) mass is 305 g/mol. The molecular formula is C12H14F3N3OS. The predicted octanol–water partition coefficient (Wildman–Crippen LogP) is 3.47. The molecule has 0 aromatic carbocycles. The summed E-state index contributed by atoms with van der Waals surface area (Å²) < 4.78 is 42.7. The summed E-state index contributed by atoms with van der Waals surface area (Å²) in [6.07, 6.45) is -1.94. The largest absolute Gasteiger partial charge is 0.468 e. The van der Waals surface area contributed by atoms with Gasteiger partial charge < -0.3 is 9.73 Å². The molecule has 1 unspecified atom stereocenters. The summed E-state index contributed by atoms with van der Waals surface area (Å²) in [4.78, 5) is 4.95. The van der Waals surface area contributed by atoms with E-state index in [0.717, 1.165) is 12.0 Å². The van der Waals surface area contributed by atoms with Crippen LogP contribution in [-0.2, 0) is 6.18 Å². The molecular weight excluding hydrogens is 291 g/mol. The molecule has 0 fully saturated rings. The lowest BCUT2D eigenvalue weighted by molar-refractivity contribution is -0.134. The van der Waals surface area contributed by atoms with E-state index < -0.39 is 11.1 Å². The molecule has 20 heavy (non-hydrogen) atoms. The summed E-state index contributed by atoms with van der Waals surface area (Å²) in [5.74, 6) is 0.745. The Labute approximate surface area is 118 Å². The lowest BCUT2D eigenvalue weighted by atomic mass is 10.2. The Bertz CT molecular complexity index is 536. The fourth-order valence-corrected chi connectivity index (χ4v) is 2.38. The van der Waals surface area contributed by atoms with Crippen molar-refractivity contribution in [3.05, 3.63) is 35.2 Å². The second-order valence-electron chi connectivity index (χ2n) is 4.40. The number of rotatable bonds is 5. The first-order valence-electron chi connectivity index (χ1n) is 5.84. The van der Waals surface area contributed by atoms with Gasteiger partial charge in [-0.05, 0) is 26.2 Å². The first kappa shape index (κ1) is 14.9. The Morgan fingerprint density at radius 1 is 1.45 bits per heavy atom. The van der Waals surface area contributed by atoms with Crippen molar-refractivity contribution < 1.29 is 17.6 Å². The molecule has 8 heteroatoms. The maximum absolute atomic E-state index is 12.5. The highest BCUT2D eigenvalue weighted by atomic mass is 32.1. The number of aromatic nitrogens is 1. The minimum atomic E-state index is -4.35. The molecule has 4 nitrogen and oxygen atoms in total. The van der Waals surface area contributed by atoms with Crippen molar-refractivity contribution in [1.29, 1.82) is 0 Å². The van der Waals surface area contributed by atoms with Gasteiger partial charge in [0.2, 0.25) is 0 Å². The minimum absolute atomic E-state index is 0.0803. The predicted molar refractivity (Wildman–Crippen MR) is 70.7 cm³/mol. The number of nitrogens with zero attached hydrogens (tertiary/aromatic N) is 2. The number of nitrogens with one attached hydrogen (secondary N) is 1. The maximum Gasteiger partial charge on any atom is 0.427 e. The van der Waals surface area contributed by atoms with Gasteiger partial charge in [-0.15, -0.1) is 0 Å². The van der Waals surface area contributed by atoms with Gasteiger partial charge >= 0.3 is 6.18 Å². The second kappa shape index (κ2) is 5.84. The Balaban J connectivity index is 2.01. The van der Waals surface area contributed by atoms with Crippen molar-refractivity contribution in [2.24, 2.45) is 0 Å². The normalized spacial score (nSPS) is 13.7. The van der Waals surface area contributed by atoms with Crippen molar-refractivity contribution >= 4 is 16.5 Å². The van der Waals surface area contributed by atoms with Crippen molar-refractivity contribution in [2.45, 2.75) is 12.2 Å². The lowest BCUT2D eigenvalue weighted by Crippen LogP contribution is -2.26. The average Bonchev–Trinajstić information content (AvgIpc) is 2.97. The van der Waals surface area contributed by atoms with Crippen molar-refractivity contribution in [3.63, 3.8) is 0 Å². The van der Waals surface area contributed by atoms with Crippen molar-refractivity contribution in [3.8, 4) is 0 Å². The molecule has 110 valence electrons. The van der Waals surface area contributed by atoms with E-state index in [1.54, 1.807) is 12.3 Å². The molecule has 0 aliphatic heterocycles. The van der Waals surface area contributed by atoms with Crippen LogP contribution < -0.4 is 5.32 Å². The Morgan fingerprint density at radius 2 is 2.20 bits per heavy atom. The zero-order valence-electron chi connectivity index (χ0n) is 10.9. The van der Waals surface area contributed by atoms with Crippen LogP contribution in [0.3, 0.4) is 0 Å². The van der Waals surface area contributed by atoms with Crippen LogP contribution in [0.1, 0.15) is 16.7 Å². The van der Waals surface area contributed by atoms with Gasteiger partial charge in [0, 0.05) is 6.54 Å². The van der Waals surface area contributed by atoms with E-state index in [9.17, 15) is 13.2 Å². The average molecular weight is 305 g/mol. The number of likely N-dealkylation sites (N-methyl/N-ethyl adjacent to an activating group) is 1. The number of hydrogen-bond donors (Lipinski definition) is 1. The number of alkyl halides is 3. The molecule has 1 N–H and O–H groups in total. The number of halogens is 3. The summed E-state index contributed by atoms with van der Waals surface area (Å²) in [5, 5.41) is 3.16. The van der Waals surface area contributed by atoms with Gasteiger partial charge in [-0.3, -0.25) is 4.90 Å². The van der Waals surface area contributed by atoms with E-state index in [1.807, 2.05) is 25.1 Å². The van der Waals surface area contributed by atoms with Gasteiger partial charge in [-0.2, -0.15) is 13.2 Å². The van der Waals surface area contributed by atoms with Crippen LogP contribution in [0.15, 0.2) is 29.0 Å². The highest BCUT2D eigenvalue weighted by Crippen LogP contribution is 2.35. The number of thiazole rings is 1. The molecule has 1 atom stereocenters. The van der Waals surface area contributed by atoms with Gasteiger partial charge in [0.05, 0.1) is 18.5 Å². The van der Waals surface area contributed by atoms with E-state index in [4.69, 9.17) is 4.42 Å². The van der Waals surface area contributed by atoms with Crippen LogP contribution >= 0.6 is 11.3 Å². The molecule has 0 radical (unpaired) electrons. The van der Waals surface area contributed by atoms with Crippen LogP contribution in [0.4, 0.5) is 18.3 Å². The van der Waals surface area contributed by atoms with Gasteiger partial charge in [0.15, 0.2) is 5.13 Å². The standard InChI is InChI=1S/C12H14F3N3OS/c1-18(2)8(9-4-3-5-19-9)6-16-11-17-7-10(20-11)12(13,14)15/h3-5,7-8H,6H2,1-2H3,(H,16,17). The Morgan fingerprint density at radius 3 is 2.70 bits per heavy atom. The maximum atomic E-state index is 12.5. The fraction of sp³-hybridized carbons (Fsp3) is 0.417. The lowest BCUT2D eigenvalue weighted by Gasteiger charge is -2.22. The molecule has 2 heterocycles. The quantitative estimate of drug-likeness (QED) is 0.918. The number of furan rings is 1. The summed E-state index contributed by atoms with van der Waals surface area (Å²) in [6, 6.07) is 3.52. The molecule has 2 aromatic heterocycles. The Hall–Kier alpha value is -1.54. The SMILES string of the molecule is CN(C)C(CNc1ncc(C(F)(F)F)s1)c1ccco1. The van der Waals surface area contributed by atoms with E-state index >= 15 is 0 Å². The zero-order chi connectivity index (χ0) is 14.8. The third kappa shape index (κ3) is 3.51. The smallest absolute Gasteiger partial charge is 0.427 e. The fourth-order valence-electron chi connectivity index (χ4n) is 1.69. The summed E-state index contributed by atoms with van der Waals surface area (Å²) in [7, 11) is 3.75. The van der Waals surface area contributed by atoms with Gasteiger partial charge in [0.1, 0.15) is 10.6 Å². The van der Waals surface area contributed by atoms with E-state index in [-0.39, 0.29) is 11.2 Å². The first-order chi connectivity index (χ1) is 9.38. The summed E-state index contributed by atoms with van der Waals surface area (Å²) >= 11 is 0.594. The number of anilines is 1. The van der Waals surface area contributed by atoms with Gasteiger partial charge in [-0.25, -0.2) is 4.98 Å². The molecule has 0 aliphatic rings. The van der Waals surface area contributed by atoms with Crippen LogP contribution in [0.5, 0.6) is 0 Å². The molecule has 0 saturated heterocycles. The first-order valence-corrected chi connectivity index (χ1v) is 6.66. The van der Waals surface area contributed by atoms with Crippen LogP contribution in [0.25, 0.3) is 0 Å². The zero-order valence-corrected chi connectivity index (χ0v) is 11.8. The van der Waals surface area contributed by atoms with Crippen molar-refractivity contribution in [1.82, 2.24) is 9.88 Å². The third-order valence-corrected chi connectivity index (χ3v) is 3.73. The van der Waals surface area contributed by atoms with E-state index in [0.29, 0.717) is 17.9 Å². The highest BCUT2D eigenvalue weighted by Gasteiger charge is 2.33. The van der Waals surface area contributed by atoms with Crippen LogP contribution in [0, 0.1) is 0 Å². The van der Waals surface area contributed by atoms with Gasteiger partial charge in [0.25, 0.3) is 0 Å². The highest BCUT2D eigenvalue weighted by molar-refractivity contribution is 7.15. The molecule has 0 saturated carbocycles. The molecule has 0 amide bonds. The number of hydrogen-bond acceptors (Lipinski definition) is 5. The third-order valence-electron chi connectivity index (χ3n) is 2.73. The molecule has 2 aromatic rings. The molecule has 2 rings (SSSR count). The topological polar surface area (TPSA) is 41.3 Å². The van der Waals surface area contributed by atoms with Gasteiger partial charge in [-0.1, -0.05) is 11.3 Å².